The number of ether oxygens (including phenoxy) is 1. The molecule has 3 aromatic rings. The van der Waals surface area contributed by atoms with Crippen molar-refractivity contribution in [1.29, 1.82) is 0 Å². The first-order valence-electron chi connectivity index (χ1n) is 6.12. The molecule has 0 atom stereocenters. The Labute approximate surface area is 130 Å². The van der Waals surface area contributed by atoms with Crippen LogP contribution in [0.15, 0.2) is 42.6 Å². The van der Waals surface area contributed by atoms with Gasteiger partial charge in [0.15, 0.2) is 0 Å². The van der Waals surface area contributed by atoms with Gasteiger partial charge in [-0.2, -0.15) is 0 Å². The van der Waals surface area contributed by atoms with Gasteiger partial charge in [0, 0.05) is 17.3 Å². The van der Waals surface area contributed by atoms with E-state index in [2.05, 4.69) is 4.98 Å². The summed E-state index contributed by atoms with van der Waals surface area (Å²) in [6.45, 7) is 0. The third-order valence-corrected chi connectivity index (χ3v) is 3.86. The van der Waals surface area contributed by atoms with E-state index in [9.17, 15) is 4.79 Å². The fraction of sp³-hybridized carbons (Fsp3) is 0.0667. The molecule has 0 amide bonds. The van der Waals surface area contributed by atoms with Crippen LogP contribution in [0.1, 0.15) is 10.5 Å². The van der Waals surface area contributed by atoms with E-state index in [1.807, 2.05) is 12.1 Å². The molecule has 0 bridgehead atoms. The molecule has 0 saturated carbocycles. The highest BCUT2D eigenvalue weighted by molar-refractivity contribution is 6.42. The Balaban J connectivity index is 2.33. The van der Waals surface area contributed by atoms with Crippen molar-refractivity contribution in [3.63, 3.8) is 0 Å². The number of halogens is 2. The minimum atomic E-state index is -0.445. The molecule has 0 aliphatic rings. The Hall–Kier alpha value is -2.04. The van der Waals surface area contributed by atoms with Gasteiger partial charge in [-0.3, -0.25) is 4.57 Å². The average molecular weight is 321 g/mol. The first kappa shape index (κ1) is 13.9. The van der Waals surface area contributed by atoms with E-state index < -0.39 is 5.97 Å². The predicted octanol–water partition coefficient (Wildman–Crippen LogP) is 4.12. The van der Waals surface area contributed by atoms with E-state index in [1.54, 1.807) is 35.0 Å². The molecule has 4 nitrogen and oxygen atoms in total. The zero-order valence-corrected chi connectivity index (χ0v) is 12.5. The molecular formula is C15H10Cl2N2O2. The smallest absolute Gasteiger partial charge is 0.355 e. The Morgan fingerprint density at radius 1 is 1.19 bits per heavy atom. The van der Waals surface area contributed by atoms with Crippen molar-refractivity contribution >= 4 is 40.2 Å². The van der Waals surface area contributed by atoms with Crippen molar-refractivity contribution in [1.82, 2.24) is 9.55 Å². The number of benzene rings is 1. The van der Waals surface area contributed by atoms with Crippen LogP contribution in [-0.4, -0.2) is 22.6 Å². The van der Waals surface area contributed by atoms with Crippen molar-refractivity contribution < 1.29 is 9.53 Å². The lowest BCUT2D eigenvalue weighted by molar-refractivity contribution is 0.0592. The van der Waals surface area contributed by atoms with Crippen LogP contribution in [0, 0.1) is 0 Å². The lowest BCUT2D eigenvalue weighted by Gasteiger charge is -2.09. The highest BCUT2D eigenvalue weighted by Crippen LogP contribution is 2.28. The van der Waals surface area contributed by atoms with Crippen LogP contribution in [0.4, 0.5) is 0 Å². The number of aromatic nitrogens is 2. The molecular weight excluding hydrogens is 311 g/mol. The third-order valence-electron chi connectivity index (χ3n) is 3.12. The molecule has 2 aromatic heterocycles. The van der Waals surface area contributed by atoms with Crippen LogP contribution in [0.25, 0.3) is 16.7 Å². The molecule has 106 valence electrons. The normalized spacial score (nSPS) is 10.8. The molecule has 6 heteroatoms. The molecule has 0 saturated heterocycles. The quantitative estimate of drug-likeness (QED) is 0.667. The number of hydrogen-bond acceptors (Lipinski definition) is 3. The number of carbonyl (C=O) groups excluding carboxylic acids is 1. The van der Waals surface area contributed by atoms with Gasteiger partial charge in [-0.1, -0.05) is 23.2 Å². The number of carbonyl (C=O) groups is 1. The summed E-state index contributed by atoms with van der Waals surface area (Å²) in [5.41, 5.74) is 1.72. The van der Waals surface area contributed by atoms with E-state index >= 15 is 0 Å². The van der Waals surface area contributed by atoms with Crippen LogP contribution in [0.2, 0.25) is 10.0 Å². The zero-order valence-electron chi connectivity index (χ0n) is 11.0. The molecule has 0 unspecified atom stereocenters. The summed E-state index contributed by atoms with van der Waals surface area (Å²) in [6, 6.07) is 10.6. The van der Waals surface area contributed by atoms with Gasteiger partial charge in [-0.15, -0.1) is 0 Å². The summed E-state index contributed by atoms with van der Waals surface area (Å²) >= 11 is 12.0. The zero-order chi connectivity index (χ0) is 15.0. The minimum absolute atomic E-state index is 0.379. The molecule has 0 fully saturated rings. The molecule has 21 heavy (non-hydrogen) atoms. The second-order valence-electron chi connectivity index (χ2n) is 4.37. The summed E-state index contributed by atoms with van der Waals surface area (Å²) in [5, 5.41) is 1.69. The van der Waals surface area contributed by atoms with Crippen LogP contribution in [0.3, 0.4) is 0 Å². The maximum absolute atomic E-state index is 12.0. The molecule has 0 aliphatic carbocycles. The van der Waals surface area contributed by atoms with Gasteiger partial charge >= 0.3 is 5.97 Å². The molecule has 1 aromatic carbocycles. The van der Waals surface area contributed by atoms with Gasteiger partial charge in [0.2, 0.25) is 0 Å². The first-order valence-corrected chi connectivity index (χ1v) is 6.87. The van der Waals surface area contributed by atoms with Crippen molar-refractivity contribution in [2.24, 2.45) is 0 Å². The van der Waals surface area contributed by atoms with Gasteiger partial charge in [0.05, 0.1) is 17.2 Å². The number of fused-ring (bicyclic) bond motifs is 1. The van der Waals surface area contributed by atoms with Crippen LogP contribution in [0.5, 0.6) is 0 Å². The number of rotatable bonds is 2. The van der Waals surface area contributed by atoms with Crippen LogP contribution < -0.4 is 0 Å². The van der Waals surface area contributed by atoms with Gasteiger partial charge in [-0.25, -0.2) is 9.78 Å². The van der Waals surface area contributed by atoms with Gasteiger partial charge in [0.1, 0.15) is 11.3 Å². The van der Waals surface area contributed by atoms with E-state index in [4.69, 9.17) is 27.9 Å². The fourth-order valence-electron chi connectivity index (χ4n) is 2.18. The second-order valence-corrected chi connectivity index (χ2v) is 5.19. The molecule has 0 aliphatic heterocycles. The van der Waals surface area contributed by atoms with E-state index in [1.165, 1.54) is 7.11 Å². The second kappa shape index (κ2) is 5.39. The van der Waals surface area contributed by atoms with Crippen LogP contribution >= 0.6 is 23.2 Å². The maximum atomic E-state index is 12.0. The number of nitrogens with zero attached hydrogens (tertiary/aromatic N) is 2. The fourth-order valence-corrected chi connectivity index (χ4v) is 2.47. The monoisotopic (exact) mass is 320 g/mol. The van der Waals surface area contributed by atoms with E-state index in [0.29, 0.717) is 27.1 Å². The largest absolute Gasteiger partial charge is 0.464 e. The average Bonchev–Trinajstić information content (AvgIpc) is 2.88. The number of pyridine rings is 1. The topological polar surface area (TPSA) is 44.1 Å². The van der Waals surface area contributed by atoms with Crippen molar-refractivity contribution in [3.05, 3.63) is 58.3 Å². The van der Waals surface area contributed by atoms with E-state index in [0.717, 1.165) is 5.39 Å². The summed E-state index contributed by atoms with van der Waals surface area (Å²) in [4.78, 5) is 16.3. The van der Waals surface area contributed by atoms with Crippen molar-refractivity contribution in [3.8, 4) is 5.69 Å². The lowest BCUT2D eigenvalue weighted by Crippen LogP contribution is -2.09. The summed E-state index contributed by atoms with van der Waals surface area (Å²) in [5.74, 6) is -0.445. The Kier molecular flexibility index (Phi) is 3.57. The van der Waals surface area contributed by atoms with E-state index in [-0.39, 0.29) is 0 Å². The standard InChI is InChI=1S/C15H10Cl2N2O2/c1-21-15(20)13-7-9-3-2-6-18-14(9)19(13)10-4-5-11(16)12(17)8-10/h2-8H,1H3. The van der Waals surface area contributed by atoms with Gasteiger partial charge in [-0.05, 0) is 36.4 Å². The Morgan fingerprint density at radius 3 is 2.71 bits per heavy atom. The number of hydrogen-bond donors (Lipinski definition) is 0. The lowest BCUT2D eigenvalue weighted by atomic mass is 10.3. The first-order chi connectivity index (χ1) is 10.1. The summed E-state index contributed by atoms with van der Waals surface area (Å²) < 4.78 is 6.53. The highest BCUT2D eigenvalue weighted by Gasteiger charge is 2.18. The van der Waals surface area contributed by atoms with Crippen molar-refractivity contribution in [2.75, 3.05) is 7.11 Å². The SMILES string of the molecule is COC(=O)c1cc2cccnc2n1-c1ccc(Cl)c(Cl)c1. The summed E-state index contributed by atoms with van der Waals surface area (Å²) in [7, 11) is 1.34. The number of methoxy groups -OCH3 is 1. The molecule has 2 heterocycles. The number of esters is 1. The van der Waals surface area contributed by atoms with Crippen molar-refractivity contribution in [2.45, 2.75) is 0 Å². The molecule has 0 spiro atoms. The Morgan fingerprint density at radius 2 is 2.00 bits per heavy atom. The summed E-state index contributed by atoms with van der Waals surface area (Å²) in [6.07, 6.45) is 1.66. The minimum Gasteiger partial charge on any atom is -0.464 e. The predicted molar refractivity (Wildman–Crippen MR) is 82.4 cm³/mol. The third kappa shape index (κ3) is 2.37. The highest BCUT2D eigenvalue weighted by atomic mass is 35.5. The van der Waals surface area contributed by atoms with Gasteiger partial charge < -0.3 is 4.74 Å². The molecule has 0 radical (unpaired) electrons. The van der Waals surface area contributed by atoms with Gasteiger partial charge in [0.25, 0.3) is 0 Å². The maximum Gasteiger partial charge on any atom is 0.355 e. The molecule has 3 rings (SSSR count). The Bertz CT molecular complexity index is 843. The van der Waals surface area contributed by atoms with Crippen LogP contribution in [-0.2, 0) is 4.74 Å². The molecule has 0 N–H and O–H groups in total.